The van der Waals surface area contributed by atoms with Gasteiger partial charge in [0, 0.05) is 150 Å². The van der Waals surface area contributed by atoms with Gasteiger partial charge in [0.25, 0.3) is 24.8 Å². The Balaban J connectivity index is 0.000000259. The van der Waals surface area contributed by atoms with Crippen molar-refractivity contribution in [1.29, 1.82) is 0 Å². The summed E-state index contributed by atoms with van der Waals surface area (Å²) >= 11 is 5.56. The molecule has 11 heterocycles. The van der Waals surface area contributed by atoms with E-state index in [1.54, 1.807) is 0 Å². The number of piperidine rings is 6. The highest BCUT2D eigenvalue weighted by Crippen LogP contribution is 2.64. The molecule has 0 radical (unpaired) electrons. The van der Waals surface area contributed by atoms with E-state index in [0.29, 0.717) is 97.3 Å². The summed E-state index contributed by atoms with van der Waals surface area (Å²) in [6.07, 6.45) is 28.3. The van der Waals surface area contributed by atoms with Crippen LogP contribution in [-0.2, 0) is 83.4 Å². The van der Waals surface area contributed by atoms with E-state index in [9.17, 15) is 9.13 Å². The minimum absolute atomic E-state index is 0.00785. The zero-order chi connectivity index (χ0) is 109. The molecule has 0 atom stereocenters. The molecule has 0 amide bonds. The summed E-state index contributed by atoms with van der Waals surface area (Å²) in [5.41, 5.74) is -1.15. The summed E-state index contributed by atoms with van der Waals surface area (Å²) in [7, 11) is -10.3. The lowest BCUT2D eigenvalue weighted by molar-refractivity contribution is -0.285. The summed E-state index contributed by atoms with van der Waals surface area (Å²) in [5.74, 6) is 0.817. The average Bonchev–Trinajstić information content (AvgIpc) is 0.758. The number of hydrogen-bond donors (Lipinski definition) is 1. The Morgan fingerprint density at radius 1 is 0.276 bits per heavy atom. The lowest BCUT2D eigenvalue weighted by Gasteiger charge is -2.56. The number of unbranched alkanes of at least 4 members (excludes halogenated alkanes) is 10. The Labute approximate surface area is 895 Å². The summed E-state index contributed by atoms with van der Waals surface area (Å²) < 4.78 is 99.3. The van der Waals surface area contributed by atoms with E-state index < -0.39 is 40.3 Å². The van der Waals surface area contributed by atoms with Gasteiger partial charge in [-0.05, 0) is 341 Å². The van der Waals surface area contributed by atoms with Crippen molar-refractivity contribution in [3.8, 4) is 0 Å². The van der Waals surface area contributed by atoms with Crippen LogP contribution in [0.2, 0.25) is 0 Å². The van der Waals surface area contributed by atoms with Crippen molar-refractivity contribution in [2.75, 3.05) is 138 Å². The molecule has 11 aliphatic heterocycles. The van der Waals surface area contributed by atoms with Crippen LogP contribution in [0.4, 0.5) is 0 Å². The van der Waals surface area contributed by atoms with Gasteiger partial charge in [-0.3, -0.25) is 47.1 Å². The second-order valence-corrected chi connectivity index (χ2v) is 64.5. The first-order valence-corrected chi connectivity index (χ1v) is 64.2. The van der Waals surface area contributed by atoms with Crippen LogP contribution in [0.5, 0.6) is 0 Å². The number of hydrogen-bond acceptors (Lipinski definition) is 27. The third-order valence-electron chi connectivity index (χ3n) is 31.0. The van der Waals surface area contributed by atoms with Gasteiger partial charge in [-0.2, -0.15) is 30.4 Å². The molecule has 0 aromatic carbocycles. The van der Waals surface area contributed by atoms with Crippen LogP contribution in [0.1, 0.15) is 444 Å². The fourth-order valence-corrected chi connectivity index (χ4v) is 36.0. The first-order valence-electron chi connectivity index (χ1n) is 56.8. The maximum Gasteiger partial charge on any atom is 0.408 e. The predicted octanol–water partition coefficient (Wildman–Crippen LogP) is 28.8. The third-order valence-corrected chi connectivity index (χ3v) is 39.6. The lowest BCUT2D eigenvalue weighted by Crippen LogP contribution is -2.63. The monoisotopic (exact) mass is 2170 g/mol. The highest BCUT2D eigenvalue weighted by molar-refractivity contribution is 7.76. The zero-order valence-corrected chi connectivity index (χ0v) is 105. The largest absolute Gasteiger partial charge is 0.408 e. The van der Waals surface area contributed by atoms with Gasteiger partial charge < -0.3 is 32.5 Å². The second-order valence-electron chi connectivity index (χ2n) is 55.8. The van der Waals surface area contributed by atoms with Crippen molar-refractivity contribution >= 4 is 51.5 Å². The molecule has 11 saturated heterocycles. The maximum absolute atomic E-state index is 14.5. The van der Waals surface area contributed by atoms with E-state index in [-0.39, 0.29) is 106 Å². The molecule has 11 aliphatic rings. The van der Waals surface area contributed by atoms with Gasteiger partial charge in [0.05, 0.1) is 106 Å². The van der Waals surface area contributed by atoms with Gasteiger partial charge >= 0.3 is 15.5 Å². The smallest absolute Gasteiger partial charge is 0.322 e. The molecule has 29 nitrogen and oxygen atoms in total. The summed E-state index contributed by atoms with van der Waals surface area (Å²) in [4.78, 5) is 36.8. The number of rotatable bonds is 43. The Bertz CT molecular complexity index is 3550. The van der Waals surface area contributed by atoms with Crippen molar-refractivity contribution in [3.05, 3.63) is 0 Å². The van der Waals surface area contributed by atoms with Gasteiger partial charge in [0.1, 0.15) is 0 Å². The second kappa shape index (κ2) is 54.0. The molecule has 1 N–H and O–H groups in total. The predicted molar refractivity (Wildman–Crippen MR) is 597 cm³/mol. The van der Waals surface area contributed by atoms with Gasteiger partial charge in [-0.25, -0.2) is 27.8 Å². The van der Waals surface area contributed by atoms with Gasteiger partial charge in [0.2, 0.25) is 0 Å². The Morgan fingerprint density at radius 2 is 0.490 bits per heavy atom. The first kappa shape index (κ1) is 131. The van der Waals surface area contributed by atoms with Crippen molar-refractivity contribution in [1.82, 2.24) is 54.4 Å². The van der Waals surface area contributed by atoms with Crippen LogP contribution < -0.4 is 5.32 Å². The Morgan fingerprint density at radius 3 is 0.752 bits per heavy atom. The molecule has 0 bridgehead atoms. The molecule has 11 rings (SSSR count). The fraction of sp³-hybridized carbons (Fsp3) is 1.00. The van der Waals surface area contributed by atoms with Crippen LogP contribution in [0.3, 0.4) is 0 Å². The molecule has 0 spiro atoms. The van der Waals surface area contributed by atoms with Crippen molar-refractivity contribution in [3.63, 3.8) is 0 Å². The number of nitrogens with one attached hydrogen (secondary N) is 1. The quantitative estimate of drug-likeness (QED) is 0.0442. The first-order chi connectivity index (χ1) is 66.8. The molecular formula is C110H221ClN11O18P5. The highest BCUT2D eigenvalue weighted by atomic mass is 35.7. The third kappa shape index (κ3) is 37.8. The van der Waals surface area contributed by atoms with Crippen molar-refractivity contribution in [2.45, 2.75) is 541 Å². The molecule has 0 aromatic rings. The lowest BCUT2D eigenvalue weighted by atomic mass is 9.73. The van der Waals surface area contributed by atoms with E-state index in [1.807, 2.05) is 13.8 Å². The fourth-order valence-electron chi connectivity index (χ4n) is 26.0. The molecule has 35 heteroatoms. The molecule has 11 fully saturated rings. The van der Waals surface area contributed by atoms with E-state index >= 15 is 0 Å². The highest BCUT2D eigenvalue weighted by Gasteiger charge is 2.59. The number of hydroxylamine groups is 12. The van der Waals surface area contributed by atoms with Crippen LogP contribution in [0.15, 0.2) is 0 Å². The molecule has 0 unspecified atom stereocenters. The Hall–Kier alpha value is 0.960. The van der Waals surface area contributed by atoms with Gasteiger partial charge in [-0.1, -0.05) is 127 Å². The molecular weight excluding hydrogens is 1950 g/mol. The van der Waals surface area contributed by atoms with Crippen LogP contribution >= 0.6 is 51.5 Å². The molecule has 145 heavy (non-hydrogen) atoms. The van der Waals surface area contributed by atoms with Crippen LogP contribution in [0.25, 0.3) is 0 Å². The number of halogens is 1. The molecule has 0 aliphatic carbocycles. The minimum Gasteiger partial charge on any atom is -0.322 e. The maximum atomic E-state index is 14.5. The summed E-state index contributed by atoms with van der Waals surface area (Å²) in [6.45, 7) is 103. The van der Waals surface area contributed by atoms with Crippen LogP contribution in [-0.4, -0.2) is 284 Å². The summed E-state index contributed by atoms with van der Waals surface area (Å²) in [5, 5.41) is 17.2. The Kier molecular flexibility index (Phi) is 48.8. The van der Waals surface area contributed by atoms with Gasteiger partial charge in [-0.15, -0.1) is 0 Å². The van der Waals surface area contributed by atoms with E-state index in [1.165, 1.54) is 64.2 Å². The molecule has 856 valence electrons. The zero-order valence-electron chi connectivity index (χ0n) is 100. The normalized spacial score (nSPS) is 27.7. The molecule has 0 aromatic heterocycles. The van der Waals surface area contributed by atoms with Crippen molar-refractivity contribution < 1.29 is 83.4 Å². The van der Waals surface area contributed by atoms with E-state index in [0.717, 1.165) is 168 Å². The van der Waals surface area contributed by atoms with E-state index in [2.05, 4.69) is 317 Å². The molecule has 0 saturated carbocycles. The standard InChI is InChI=1S/C38H76N4O8P2.C38H76N4O6P2.C29H59N3O2.C5H10ClO2P/c1-15-45-41-35(7,8)23-31(24-36(41,9)10)39(51(43)47-27-33(3,4)28-48-51)21-19-17-18-20-22-40(52(44)49-29-34(5,6)30-50-52)32-25-37(11,12)42(46-16-2)38(13,14)26-32;1-15-43-41-35(7,8)23-31(24-36(41,9)10)39(49-45-27-33(3,4)28-46-49)21-19-17-18-20-22-40(50-47-29-34(5,6)30-48-50)32-25-37(11,12)42(44-16-2)38(13,14)26-32;1-11-33-31-26(3,4)20-24(21-27(31,5)6)18-16-14-13-15-17-19-30-25-22-28(7,8)32(34-12-2)29(9,10)23-25;1-5(2)3-7-9(6)8-4-5/h31-32H,15-30H2,1-14H3;31-32H,15-30H2,1-14H3;24-25,30H,11-23H2,1-10H3;3-4H2,1-2H3. The number of nitrogens with zero attached hydrogens (tertiary/aromatic N) is 10. The average molecular weight is 2180 g/mol. The summed E-state index contributed by atoms with van der Waals surface area (Å²) in [6, 6.07) is 1.35. The topological polar surface area (TPSA) is 226 Å². The van der Waals surface area contributed by atoms with Crippen molar-refractivity contribution in [2.24, 2.45) is 33.0 Å². The van der Waals surface area contributed by atoms with Crippen LogP contribution in [0, 0.1) is 33.0 Å². The van der Waals surface area contributed by atoms with Gasteiger partial charge in [0.15, 0.2) is 0 Å². The van der Waals surface area contributed by atoms with E-state index in [4.69, 9.17) is 85.5 Å². The SMILES string of the molecule is CC1(C)COP(Cl)OC1.CCON1C(C)(C)CC(CCCCCCCNC2CC(C)(C)N(OCC)C(C)(C)C2)CC1(C)C.CCON1C(C)(C)CC(N(CCCCCCN(C2CC(C)(C)N(OCC)C(C)(C)C2)P2(=O)OCC(C)(C)CO2)P2(=O)OCC(C)(C)CO2)CC1(C)C.CCON1C(C)(C)CC(N(CCCCCCN(C2CC(C)(C)N(OCC)C(C)(C)C2)P2OCC(C)(C)CO2)P2OCC(C)(C)CO2)CC1(C)C. The minimum atomic E-state index is -3.50.